The van der Waals surface area contributed by atoms with Crippen molar-refractivity contribution in [3.63, 3.8) is 0 Å². The van der Waals surface area contributed by atoms with E-state index < -0.39 is 0 Å². The van der Waals surface area contributed by atoms with E-state index in [2.05, 4.69) is 11.9 Å². The van der Waals surface area contributed by atoms with E-state index in [1.54, 1.807) is 0 Å². The standard InChI is InChI=1S/C10H18N2O/c1-3-9(8-13)4-5-10-11-6-7-12(10)2/h6-7,9,13H,3-5,8H2,1-2H3. The number of aromatic nitrogens is 2. The second-order valence-electron chi connectivity index (χ2n) is 3.45. The van der Waals surface area contributed by atoms with Gasteiger partial charge in [-0.25, -0.2) is 4.98 Å². The van der Waals surface area contributed by atoms with Gasteiger partial charge in [-0.05, 0) is 12.3 Å². The molecule has 0 radical (unpaired) electrons. The molecule has 0 aliphatic rings. The molecule has 0 aromatic carbocycles. The Morgan fingerprint density at radius 3 is 2.85 bits per heavy atom. The average Bonchev–Trinajstić information content (AvgIpc) is 2.54. The van der Waals surface area contributed by atoms with Gasteiger partial charge in [0.05, 0.1) is 0 Å². The van der Waals surface area contributed by atoms with Crippen molar-refractivity contribution in [2.45, 2.75) is 26.2 Å². The Morgan fingerprint density at radius 1 is 1.62 bits per heavy atom. The lowest BCUT2D eigenvalue weighted by Gasteiger charge is -2.10. The lowest BCUT2D eigenvalue weighted by atomic mass is 10.0. The van der Waals surface area contributed by atoms with Crippen LogP contribution in [-0.4, -0.2) is 21.3 Å². The molecule has 1 N–H and O–H groups in total. The van der Waals surface area contributed by atoms with E-state index in [-0.39, 0.29) is 0 Å². The van der Waals surface area contributed by atoms with E-state index in [1.807, 2.05) is 24.0 Å². The van der Waals surface area contributed by atoms with Gasteiger partial charge in [-0.3, -0.25) is 0 Å². The fourth-order valence-electron chi connectivity index (χ4n) is 1.40. The first-order valence-electron chi connectivity index (χ1n) is 4.85. The normalized spacial score (nSPS) is 13.2. The molecule has 0 aliphatic carbocycles. The maximum Gasteiger partial charge on any atom is 0.108 e. The molecule has 0 fully saturated rings. The van der Waals surface area contributed by atoms with Crippen LogP contribution in [0.3, 0.4) is 0 Å². The smallest absolute Gasteiger partial charge is 0.108 e. The Labute approximate surface area is 79.4 Å². The molecule has 74 valence electrons. The molecule has 0 aliphatic heterocycles. The van der Waals surface area contributed by atoms with Crippen LogP contribution >= 0.6 is 0 Å². The highest BCUT2D eigenvalue weighted by Crippen LogP contribution is 2.10. The van der Waals surface area contributed by atoms with Crippen LogP contribution in [0, 0.1) is 5.92 Å². The summed E-state index contributed by atoms with van der Waals surface area (Å²) in [6.07, 6.45) is 6.80. The van der Waals surface area contributed by atoms with Gasteiger partial charge in [-0.2, -0.15) is 0 Å². The lowest BCUT2D eigenvalue weighted by Crippen LogP contribution is -2.08. The SMILES string of the molecule is CCC(CO)CCc1nccn1C. The summed E-state index contributed by atoms with van der Waals surface area (Å²) in [5.41, 5.74) is 0. The molecule has 13 heavy (non-hydrogen) atoms. The predicted molar refractivity (Wildman–Crippen MR) is 52.4 cm³/mol. The summed E-state index contributed by atoms with van der Waals surface area (Å²) in [7, 11) is 2.00. The second-order valence-corrected chi connectivity index (χ2v) is 3.45. The summed E-state index contributed by atoms with van der Waals surface area (Å²) < 4.78 is 2.03. The lowest BCUT2D eigenvalue weighted by molar-refractivity contribution is 0.214. The Kier molecular flexibility index (Phi) is 3.96. The third kappa shape index (κ3) is 2.84. The highest BCUT2D eigenvalue weighted by atomic mass is 16.3. The molecule has 1 rings (SSSR count). The number of hydrogen-bond donors (Lipinski definition) is 1. The highest BCUT2D eigenvalue weighted by Gasteiger charge is 2.06. The molecule has 0 saturated carbocycles. The molecule has 1 atom stereocenters. The summed E-state index contributed by atoms with van der Waals surface area (Å²) in [5.74, 6) is 1.53. The number of aliphatic hydroxyl groups is 1. The summed E-state index contributed by atoms with van der Waals surface area (Å²) >= 11 is 0. The van der Waals surface area contributed by atoms with Crippen LogP contribution in [0.25, 0.3) is 0 Å². The van der Waals surface area contributed by atoms with Crippen molar-refractivity contribution < 1.29 is 5.11 Å². The minimum atomic E-state index is 0.293. The molecule has 3 nitrogen and oxygen atoms in total. The van der Waals surface area contributed by atoms with E-state index >= 15 is 0 Å². The van der Waals surface area contributed by atoms with Crippen LogP contribution in [0.15, 0.2) is 12.4 Å². The number of nitrogens with zero attached hydrogens (tertiary/aromatic N) is 2. The zero-order valence-electron chi connectivity index (χ0n) is 8.40. The number of rotatable bonds is 5. The molecule has 3 heteroatoms. The maximum absolute atomic E-state index is 9.00. The Hall–Kier alpha value is -0.830. The third-order valence-corrected chi connectivity index (χ3v) is 2.53. The van der Waals surface area contributed by atoms with Gasteiger partial charge in [0.25, 0.3) is 0 Å². The zero-order chi connectivity index (χ0) is 9.68. The van der Waals surface area contributed by atoms with Crippen molar-refractivity contribution in [1.29, 1.82) is 0 Å². The number of imidazole rings is 1. The molecule has 1 aromatic heterocycles. The van der Waals surface area contributed by atoms with Gasteiger partial charge >= 0.3 is 0 Å². The van der Waals surface area contributed by atoms with Gasteiger partial charge in [0, 0.05) is 32.5 Å². The van der Waals surface area contributed by atoms with Crippen LogP contribution in [0.5, 0.6) is 0 Å². The Balaban J connectivity index is 2.38. The first kappa shape index (κ1) is 10.3. The van der Waals surface area contributed by atoms with Gasteiger partial charge in [0.15, 0.2) is 0 Å². The summed E-state index contributed by atoms with van der Waals surface area (Å²) in [6.45, 7) is 2.40. The fourth-order valence-corrected chi connectivity index (χ4v) is 1.40. The van der Waals surface area contributed by atoms with E-state index in [9.17, 15) is 0 Å². The quantitative estimate of drug-likeness (QED) is 0.747. The second kappa shape index (κ2) is 5.02. The predicted octanol–water partition coefficient (Wildman–Crippen LogP) is 1.37. The minimum absolute atomic E-state index is 0.293. The van der Waals surface area contributed by atoms with Gasteiger partial charge in [-0.15, -0.1) is 0 Å². The van der Waals surface area contributed by atoms with Crippen LogP contribution in [0.4, 0.5) is 0 Å². The Morgan fingerprint density at radius 2 is 2.38 bits per heavy atom. The summed E-state index contributed by atoms with van der Waals surface area (Å²) in [5, 5.41) is 9.00. The Bertz CT molecular complexity index is 241. The van der Waals surface area contributed by atoms with Gasteiger partial charge in [-0.1, -0.05) is 13.3 Å². The number of aliphatic hydroxyl groups excluding tert-OH is 1. The van der Waals surface area contributed by atoms with Gasteiger partial charge < -0.3 is 9.67 Å². The van der Waals surface area contributed by atoms with Crippen LogP contribution < -0.4 is 0 Å². The number of aryl methyl sites for hydroxylation is 2. The monoisotopic (exact) mass is 182 g/mol. The molecule has 0 spiro atoms. The van der Waals surface area contributed by atoms with Crippen molar-refractivity contribution in [3.8, 4) is 0 Å². The van der Waals surface area contributed by atoms with Crippen molar-refractivity contribution in [3.05, 3.63) is 18.2 Å². The first-order valence-corrected chi connectivity index (χ1v) is 4.85. The number of hydrogen-bond acceptors (Lipinski definition) is 2. The van der Waals surface area contributed by atoms with Crippen molar-refractivity contribution >= 4 is 0 Å². The van der Waals surface area contributed by atoms with E-state index in [0.29, 0.717) is 12.5 Å². The van der Waals surface area contributed by atoms with Gasteiger partial charge in [0.1, 0.15) is 5.82 Å². The fraction of sp³-hybridized carbons (Fsp3) is 0.700. The third-order valence-electron chi connectivity index (χ3n) is 2.53. The summed E-state index contributed by atoms with van der Waals surface area (Å²) in [6, 6.07) is 0. The highest BCUT2D eigenvalue weighted by molar-refractivity contribution is 4.91. The van der Waals surface area contributed by atoms with Crippen LogP contribution in [-0.2, 0) is 13.5 Å². The van der Waals surface area contributed by atoms with Gasteiger partial charge in [0.2, 0.25) is 0 Å². The molecular formula is C10H18N2O. The molecule has 0 bridgehead atoms. The van der Waals surface area contributed by atoms with Crippen LogP contribution in [0.1, 0.15) is 25.6 Å². The largest absolute Gasteiger partial charge is 0.396 e. The minimum Gasteiger partial charge on any atom is -0.396 e. The van der Waals surface area contributed by atoms with Crippen molar-refractivity contribution in [1.82, 2.24) is 9.55 Å². The van der Waals surface area contributed by atoms with Crippen molar-refractivity contribution in [2.75, 3.05) is 6.61 Å². The van der Waals surface area contributed by atoms with E-state index in [4.69, 9.17) is 5.11 Å². The topological polar surface area (TPSA) is 38.1 Å². The van der Waals surface area contributed by atoms with E-state index in [1.165, 1.54) is 0 Å². The van der Waals surface area contributed by atoms with E-state index in [0.717, 1.165) is 25.1 Å². The molecule has 1 heterocycles. The molecule has 1 aromatic rings. The van der Waals surface area contributed by atoms with Crippen LogP contribution in [0.2, 0.25) is 0 Å². The molecular weight excluding hydrogens is 164 g/mol. The average molecular weight is 182 g/mol. The van der Waals surface area contributed by atoms with Crippen molar-refractivity contribution in [2.24, 2.45) is 13.0 Å². The zero-order valence-corrected chi connectivity index (χ0v) is 8.40. The molecule has 1 unspecified atom stereocenters. The first-order chi connectivity index (χ1) is 6.27. The molecule has 0 amide bonds. The summed E-state index contributed by atoms with van der Waals surface area (Å²) in [4.78, 5) is 4.24. The molecule has 0 saturated heterocycles. The maximum atomic E-state index is 9.00.